The van der Waals surface area contributed by atoms with E-state index in [9.17, 15) is 4.79 Å². The number of oxime groups is 1. The first-order chi connectivity index (χ1) is 8.35. The molecule has 0 bridgehead atoms. The van der Waals surface area contributed by atoms with Crippen LogP contribution in [-0.2, 0) is 9.53 Å². The Morgan fingerprint density at radius 1 is 1.29 bits per heavy atom. The molecule has 0 radical (unpaired) electrons. The number of hydrogen-bond donors (Lipinski definition) is 1. The highest BCUT2D eigenvalue weighted by Gasteiger charge is 2.11. The minimum atomic E-state index is 0.0403. The van der Waals surface area contributed by atoms with Gasteiger partial charge in [0, 0.05) is 24.3 Å². The molecule has 5 heteroatoms. The van der Waals surface area contributed by atoms with Crippen LogP contribution in [0, 0.1) is 0 Å². The normalized spacial score (nSPS) is 16.9. The third kappa shape index (κ3) is 2.62. The van der Waals surface area contributed by atoms with E-state index >= 15 is 0 Å². The fourth-order valence-electron chi connectivity index (χ4n) is 1.81. The highest BCUT2D eigenvalue weighted by atomic mass is 16.5. The fourth-order valence-corrected chi connectivity index (χ4v) is 1.81. The summed E-state index contributed by atoms with van der Waals surface area (Å²) in [4.78, 5) is 12.8. The van der Waals surface area contributed by atoms with Crippen molar-refractivity contribution >= 4 is 17.7 Å². The van der Waals surface area contributed by atoms with E-state index in [0.717, 1.165) is 32.0 Å². The van der Waals surface area contributed by atoms with Crippen LogP contribution in [-0.4, -0.2) is 43.5 Å². The van der Waals surface area contributed by atoms with Gasteiger partial charge in [-0.2, -0.15) is 0 Å². The minimum Gasteiger partial charge on any atom is -0.410 e. The second kappa shape index (κ2) is 5.45. The zero-order chi connectivity index (χ0) is 12.1. The molecule has 1 aliphatic heterocycles. The molecule has 1 fully saturated rings. The van der Waals surface area contributed by atoms with Gasteiger partial charge in [0.15, 0.2) is 6.29 Å². The first kappa shape index (κ1) is 11.6. The van der Waals surface area contributed by atoms with Gasteiger partial charge >= 0.3 is 0 Å². The number of aldehydes is 1. The van der Waals surface area contributed by atoms with Crippen molar-refractivity contribution in [2.75, 3.05) is 31.2 Å². The summed E-state index contributed by atoms with van der Waals surface area (Å²) in [5.41, 5.74) is 1.73. The molecule has 1 aromatic rings. The standard InChI is InChI=1S/C12H14N2O3/c15-9-12(13-16)10-1-3-11(4-2-10)14-5-7-17-8-6-14/h1-4,9,16H,5-8H2. The molecule has 1 saturated heterocycles. The summed E-state index contributed by atoms with van der Waals surface area (Å²) in [5, 5.41) is 11.6. The molecule has 0 spiro atoms. The van der Waals surface area contributed by atoms with Crippen LogP contribution in [0.3, 0.4) is 0 Å². The van der Waals surface area contributed by atoms with E-state index in [-0.39, 0.29) is 5.71 Å². The second-order valence-electron chi connectivity index (χ2n) is 3.75. The summed E-state index contributed by atoms with van der Waals surface area (Å²) in [6, 6.07) is 7.37. The number of carbonyl (C=O) groups is 1. The smallest absolute Gasteiger partial charge is 0.172 e. The zero-order valence-corrected chi connectivity index (χ0v) is 9.37. The lowest BCUT2D eigenvalue weighted by Gasteiger charge is -2.28. The zero-order valence-electron chi connectivity index (χ0n) is 9.37. The third-order valence-corrected chi connectivity index (χ3v) is 2.76. The van der Waals surface area contributed by atoms with Gasteiger partial charge in [-0.3, -0.25) is 4.79 Å². The maximum atomic E-state index is 10.6. The van der Waals surface area contributed by atoms with Crippen LogP contribution >= 0.6 is 0 Å². The molecule has 0 atom stereocenters. The number of anilines is 1. The highest BCUT2D eigenvalue weighted by Crippen LogP contribution is 2.16. The third-order valence-electron chi connectivity index (χ3n) is 2.76. The summed E-state index contributed by atoms with van der Waals surface area (Å²) in [6.07, 6.45) is 0.531. The first-order valence-corrected chi connectivity index (χ1v) is 5.45. The summed E-state index contributed by atoms with van der Waals surface area (Å²) in [5.74, 6) is 0. The van der Waals surface area contributed by atoms with Gasteiger partial charge in [0.2, 0.25) is 0 Å². The fraction of sp³-hybridized carbons (Fsp3) is 0.333. The van der Waals surface area contributed by atoms with Crippen LogP contribution in [0.1, 0.15) is 5.56 Å². The summed E-state index contributed by atoms with van der Waals surface area (Å²) >= 11 is 0. The molecule has 17 heavy (non-hydrogen) atoms. The van der Waals surface area contributed by atoms with Crippen LogP contribution in [0.2, 0.25) is 0 Å². The minimum absolute atomic E-state index is 0.0403. The van der Waals surface area contributed by atoms with Crippen molar-refractivity contribution in [2.24, 2.45) is 5.16 Å². The number of carbonyl (C=O) groups excluding carboxylic acids is 1. The molecular weight excluding hydrogens is 220 g/mol. The van der Waals surface area contributed by atoms with Gasteiger partial charge in [-0.25, -0.2) is 0 Å². The largest absolute Gasteiger partial charge is 0.410 e. The Labute approximate surface area is 99.3 Å². The predicted octanol–water partition coefficient (Wildman–Crippen LogP) is 0.900. The van der Waals surface area contributed by atoms with E-state index in [4.69, 9.17) is 9.94 Å². The maximum absolute atomic E-state index is 10.6. The van der Waals surface area contributed by atoms with E-state index in [1.807, 2.05) is 12.1 Å². The lowest BCUT2D eigenvalue weighted by molar-refractivity contribution is -0.102. The maximum Gasteiger partial charge on any atom is 0.172 e. The summed E-state index contributed by atoms with van der Waals surface area (Å²) in [6.45, 7) is 3.21. The molecule has 5 nitrogen and oxygen atoms in total. The van der Waals surface area contributed by atoms with Crippen LogP contribution in [0.4, 0.5) is 5.69 Å². The van der Waals surface area contributed by atoms with Gasteiger partial charge in [0.25, 0.3) is 0 Å². The molecule has 0 aliphatic carbocycles. The van der Waals surface area contributed by atoms with Crippen molar-refractivity contribution in [3.8, 4) is 0 Å². The molecule has 1 heterocycles. The Hall–Kier alpha value is -1.88. The van der Waals surface area contributed by atoms with Crippen molar-refractivity contribution in [3.63, 3.8) is 0 Å². The number of morpholine rings is 1. The topological polar surface area (TPSA) is 62.1 Å². The number of benzene rings is 1. The number of hydrogen-bond acceptors (Lipinski definition) is 5. The molecule has 1 N–H and O–H groups in total. The molecule has 0 amide bonds. The lowest BCUT2D eigenvalue weighted by atomic mass is 10.1. The average molecular weight is 234 g/mol. The van der Waals surface area contributed by atoms with Gasteiger partial charge < -0.3 is 14.8 Å². The van der Waals surface area contributed by atoms with Crippen molar-refractivity contribution < 1.29 is 14.7 Å². The number of nitrogens with zero attached hydrogens (tertiary/aromatic N) is 2. The summed E-state index contributed by atoms with van der Waals surface area (Å²) in [7, 11) is 0. The molecule has 1 aromatic carbocycles. The molecule has 1 aliphatic rings. The van der Waals surface area contributed by atoms with Gasteiger partial charge in [0.05, 0.1) is 13.2 Å². The van der Waals surface area contributed by atoms with Crippen LogP contribution < -0.4 is 4.90 Å². The Balaban J connectivity index is 2.14. The SMILES string of the molecule is O=CC(=NO)c1ccc(N2CCOCC2)cc1. The van der Waals surface area contributed by atoms with Crippen molar-refractivity contribution in [1.29, 1.82) is 0 Å². The highest BCUT2D eigenvalue weighted by molar-refractivity contribution is 6.36. The Bertz CT molecular complexity index is 408. The van der Waals surface area contributed by atoms with E-state index in [2.05, 4.69) is 10.1 Å². The van der Waals surface area contributed by atoms with E-state index in [0.29, 0.717) is 11.8 Å². The van der Waals surface area contributed by atoms with Gasteiger partial charge in [-0.15, -0.1) is 0 Å². The second-order valence-corrected chi connectivity index (χ2v) is 3.75. The van der Waals surface area contributed by atoms with E-state index in [1.165, 1.54) is 0 Å². The van der Waals surface area contributed by atoms with Crippen molar-refractivity contribution in [3.05, 3.63) is 29.8 Å². The molecule has 90 valence electrons. The monoisotopic (exact) mass is 234 g/mol. The Morgan fingerprint density at radius 2 is 1.94 bits per heavy atom. The molecule has 0 saturated carbocycles. The average Bonchev–Trinajstić information content (AvgIpc) is 2.42. The van der Waals surface area contributed by atoms with Gasteiger partial charge in [-0.1, -0.05) is 17.3 Å². The van der Waals surface area contributed by atoms with Crippen molar-refractivity contribution in [1.82, 2.24) is 0 Å². The van der Waals surface area contributed by atoms with Gasteiger partial charge in [0.1, 0.15) is 5.71 Å². The van der Waals surface area contributed by atoms with Gasteiger partial charge in [-0.05, 0) is 12.1 Å². The Kier molecular flexibility index (Phi) is 3.72. The molecule has 2 rings (SSSR count). The quantitative estimate of drug-likeness (QED) is 0.365. The van der Waals surface area contributed by atoms with E-state index < -0.39 is 0 Å². The first-order valence-electron chi connectivity index (χ1n) is 5.45. The van der Waals surface area contributed by atoms with Crippen molar-refractivity contribution in [2.45, 2.75) is 0 Å². The lowest BCUT2D eigenvalue weighted by Crippen LogP contribution is -2.36. The van der Waals surface area contributed by atoms with Crippen LogP contribution in [0.25, 0.3) is 0 Å². The predicted molar refractivity (Wildman–Crippen MR) is 63.9 cm³/mol. The van der Waals surface area contributed by atoms with Crippen LogP contribution in [0.5, 0.6) is 0 Å². The number of rotatable bonds is 3. The molecule has 0 unspecified atom stereocenters. The van der Waals surface area contributed by atoms with Crippen LogP contribution in [0.15, 0.2) is 29.4 Å². The van der Waals surface area contributed by atoms with E-state index in [1.54, 1.807) is 12.1 Å². The molecule has 0 aromatic heterocycles. The number of ether oxygens (including phenoxy) is 1. The molecular formula is C12H14N2O3. The summed E-state index contributed by atoms with van der Waals surface area (Å²) < 4.78 is 5.28. The Morgan fingerprint density at radius 3 is 2.47 bits per heavy atom.